The second kappa shape index (κ2) is 4.72. The second-order valence-electron chi connectivity index (χ2n) is 4.79. The first-order chi connectivity index (χ1) is 9.20. The molecule has 2 aromatic heterocycles. The highest BCUT2D eigenvalue weighted by atomic mass is 15.0. The minimum absolute atomic E-state index is 0.665. The van der Waals surface area contributed by atoms with E-state index >= 15 is 0 Å². The van der Waals surface area contributed by atoms with E-state index in [-0.39, 0.29) is 0 Å². The molecule has 0 aliphatic heterocycles. The van der Waals surface area contributed by atoms with Crippen molar-refractivity contribution in [3.05, 3.63) is 53.5 Å². The Hall–Kier alpha value is -2.36. The molecule has 0 saturated heterocycles. The zero-order valence-electron chi connectivity index (χ0n) is 11.1. The van der Waals surface area contributed by atoms with Gasteiger partial charge in [-0.25, -0.2) is 9.97 Å². The van der Waals surface area contributed by atoms with Gasteiger partial charge in [-0.3, -0.25) is 0 Å². The van der Waals surface area contributed by atoms with E-state index < -0.39 is 0 Å². The molecule has 0 aliphatic carbocycles. The molecule has 4 heteroatoms. The van der Waals surface area contributed by atoms with Gasteiger partial charge in [0.1, 0.15) is 5.82 Å². The summed E-state index contributed by atoms with van der Waals surface area (Å²) in [6, 6.07) is 10.4. The van der Waals surface area contributed by atoms with Crippen molar-refractivity contribution in [3.63, 3.8) is 0 Å². The summed E-state index contributed by atoms with van der Waals surface area (Å²) in [6.45, 7) is 4.77. The Balaban J connectivity index is 1.76. The first-order valence-corrected chi connectivity index (χ1v) is 6.32. The molecule has 3 rings (SSSR count). The molecule has 0 bridgehead atoms. The number of aromatic nitrogens is 3. The van der Waals surface area contributed by atoms with Gasteiger partial charge in [-0.05, 0) is 37.6 Å². The third-order valence-electron chi connectivity index (χ3n) is 3.03. The molecule has 3 aromatic rings. The van der Waals surface area contributed by atoms with Crippen LogP contribution < -0.4 is 5.32 Å². The second-order valence-corrected chi connectivity index (χ2v) is 4.79. The van der Waals surface area contributed by atoms with Crippen LogP contribution >= 0.6 is 0 Å². The van der Waals surface area contributed by atoms with Crippen LogP contribution in [0.2, 0.25) is 0 Å². The SMILES string of the molecule is Cc1ccc(NCc2nc3ncc(C)cc3[nH]2)cc1. The molecular weight excluding hydrogens is 236 g/mol. The fourth-order valence-corrected chi connectivity index (χ4v) is 2.00. The Labute approximate surface area is 111 Å². The van der Waals surface area contributed by atoms with Gasteiger partial charge in [0.2, 0.25) is 0 Å². The van der Waals surface area contributed by atoms with E-state index in [0.29, 0.717) is 6.54 Å². The monoisotopic (exact) mass is 252 g/mol. The maximum atomic E-state index is 4.46. The zero-order chi connectivity index (χ0) is 13.2. The Morgan fingerprint density at radius 3 is 2.68 bits per heavy atom. The van der Waals surface area contributed by atoms with Crippen LogP contribution in [0, 0.1) is 13.8 Å². The van der Waals surface area contributed by atoms with Crippen LogP contribution in [-0.2, 0) is 6.54 Å². The molecule has 0 fully saturated rings. The van der Waals surface area contributed by atoms with Crippen molar-refractivity contribution in [1.82, 2.24) is 15.0 Å². The maximum Gasteiger partial charge on any atom is 0.177 e. The molecule has 2 heterocycles. The first-order valence-electron chi connectivity index (χ1n) is 6.32. The average molecular weight is 252 g/mol. The normalized spacial score (nSPS) is 10.8. The van der Waals surface area contributed by atoms with E-state index in [9.17, 15) is 0 Å². The lowest BCUT2D eigenvalue weighted by Crippen LogP contribution is -2.00. The van der Waals surface area contributed by atoms with Crippen LogP contribution in [0.4, 0.5) is 5.69 Å². The van der Waals surface area contributed by atoms with Crippen molar-refractivity contribution >= 4 is 16.9 Å². The number of nitrogens with zero attached hydrogens (tertiary/aromatic N) is 2. The van der Waals surface area contributed by atoms with Gasteiger partial charge in [0.15, 0.2) is 5.65 Å². The predicted octanol–water partition coefficient (Wildman–Crippen LogP) is 3.19. The third kappa shape index (κ3) is 2.57. The Morgan fingerprint density at radius 1 is 1.11 bits per heavy atom. The molecule has 4 nitrogen and oxygen atoms in total. The molecule has 96 valence electrons. The molecule has 2 N–H and O–H groups in total. The lowest BCUT2D eigenvalue weighted by Gasteiger charge is -2.04. The van der Waals surface area contributed by atoms with Crippen LogP contribution in [-0.4, -0.2) is 15.0 Å². The van der Waals surface area contributed by atoms with Gasteiger partial charge < -0.3 is 10.3 Å². The van der Waals surface area contributed by atoms with E-state index in [1.807, 2.05) is 13.1 Å². The van der Waals surface area contributed by atoms with Gasteiger partial charge in [-0.1, -0.05) is 17.7 Å². The summed E-state index contributed by atoms with van der Waals surface area (Å²) < 4.78 is 0. The molecule has 19 heavy (non-hydrogen) atoms. The van der Waals surface area contributed by atoms with Crippen molar-refractivity contribution in [1.29, 1.82) is 0 Å². The summed E-state index contributed by atoms with van der Waals surface area (Å²) in [7, 11) is 0. The molecular formula is C15H16N4. The average Bonchev–Trinajstić information content (AvgIpc) is 2.80. The zero-order valence-corrected chi connectivity index (χ0v) is 11.1. The maximum absolute atomic E-state index is 4.46. The van der Waals surface area contributed by atoms with Gasteiger partial charge in [0.05, 0.1) is 12.1 Å². The summed E-state index contributed by atoms with van der Waals surface area (Å²) in [4.78, 5) is 12.0. The highest BCUT2D eigenvalue weighted by Gasteiger charge is 2.03. The standard InChI is InChI=1S/C15H16N4/c1-10-3-5-12(6-4-10)16-9-14-18-13-7-11(2)8-17-15(13)19-14/h3-8,16H,9H2,1-2H3,(H,17,18,19). The number of aryl methyl sites for hydroxylation is 2. The van der Waals surface area contributed by atoms with Gasteiger partial charge in [0.25, 0.3) is 0 Å². The van der Waals surface area contributed by atoms with E-state index in [1.54, 1.807) is 0 Å². The van der Waals surface area contributed by atoms with Crippen molar-refractivity contribution in [2.24, 2.45) is 0 Å². The number of aromatic amines is 1. The van der Waals surface area contributed by atoms with E-state index in [4.69, 9.17) is 0 Å². The van der Waals surface area contributed by atoms with Crippen LogP contribution in [0.3, 0.4) is 0 Å². The highest BCUT2D eigenvalue weighted by Crippen LogP contribution is 2.13. The summed E-state index contributed by atoms with van der Waals surface area (Å²) in [5.74, 6) is 0.897. The highest BCUT2D eigenvalue weighted by molar-refractivity contribution is 5.71. The summed E-state index contributed by atoms with van der Waals surface area (Å²) in [6.07, 6.45) is 1.83. The fraction of sp³-hybridized carbons (Fsp3) is 0.200. The van der Waals surface area contributed by atoms with Crippen LogP contribution in [0.15, 0.2) is 36.5 Å². The van der Waals surface area contributed by atoms with Gasteiger partial charge >= 0.3 is 0 Å². The fourth-order valence-electron chi connectivity index (χ4n) is 2.00. The van der Waals surface area contributed by atoms with Crippen LogP contribution in [0.25, 0.3) is 11.2 Å². The molecule has 0 radical (unpaired) electrons. The first kappa shape index (κ1) is 11.7. The molecule has 0 spiro atoms. The third-order valence-corrected chi connectivity index (χ3v) is 3.03. The van der Waals surface area contributed by atoms with E-state index in [1.165, 1.54) is 5.56 Å². The van der Waals surface area contributed by atoms with Gasteiger partial charge in [-0.2, -0.15) is 0 Å². The quantitative estimate of drug-likeness (QED) is 0.752. The smallest absolute Gasteiger partial charge is 0.177 e. The van der Waals surface area contributed by atoms with Gasteiger partial charge in [-0.15, -0.1) is 0 Å². The Morgan fingerprint density at radius 2 is 1.89 bits per heavy atom. The number of anilines is 1. The van der Waals surface area contributed by atoms with Gasteiger partial charge in [0, 0.05) is 11.9 Å². The van der Waals surface area contributed by atoms with Crippen molar-refractivity contribution < 1.29 is 0 Å². The van der Waals surface area contributed by atoms with E-state index in [0.717, 1.165) is 28.2 Å². The summed E-state index contributed by atoms with van der Waals surface area (Å²) >= 11 is 0. The number of H-pyrrole nitrogens is 1. The number of fused-ring (bicyclic) bond motifs is 1. The van der Waals surface area contributed by atoms with Crippen molar-refractivity contribution in [2.45, 2.75) is 20.4 Å². The molecule has 0 aliphatic rings. The van der Waals surface area contributed by atoms with Crippen molar-refractivity contribution in [3.8, 4) is 0 Å². The van der Waals surface area contributed by atoms with Crippen molar-refractivity contribution in [2.75, 3.05) is 5.32 Å². The number of hydrogen-bond donors (Lipinski definition) is 2. The number of rotatable bonds is 3. The number of hydrogen-bond acceptors (Lipinski definition) is 3. The number of benzene rings is 1. The lowest BCUT2D eigenvalue weighted by atomic mass is 10.2. The van der Waals surface area contributed by atoms with Crippen LogP contribution in [0.1, 0.15) is 17.0 Å². The molecule has 0 amide bonds. The Kier molecular flexibility index (Phi) is 2.91. The molecule has 0 atom stereocenters. The Bertz CT molecular complexity index is 698. The predicted molar refractivity (Wildman–Crippen MR) is 77.1 cm³/mol. The molecule has 0 saturated carbocycles. The largest absolute Gasteiger partial charge is 0.378 e. The molecule has 0 unspecified atom stereocenters. The minimum Gasteiger partial charge on any atom is -0.378 e. The van der Waals surface area contributed by atoms with E-state index in [2.05, 4.69) is 57.5 Å². The topological polar surface area (TPSA) is 53.6 Å². The number of pyridine rings is 1. The summed E-state index contributed by atoms with van der Waals surface area (Å²) in [5.41, 5.74) is 5.24. The summed E-state index contributed by atoms with van der Waals surface area (Å²) in [5, 5.41) is 3.34. The molecule has 1 aromatic carbocycles. The number of imidazole rings is 1. The van der Waals surface area contributed by atoms with Crippen LogP contribution in [0.5, 0.6) is 0 Å². The number of nitrogens with one attached hydrogen (secondary N) is 2. The lowest BCUT2D eigenvalue weighted by molar-refractivity contribution is 1.01. The minimum atomic E-state index is 0.665.